The SMILES string of the molecule is CCOC(=O)c1c(N)nn2ccc(-c3cc(Cl)c(C)c(CN(C=O)C(C)C4CC4)c3)nc12. The van der Waals surface area contributed by atoms with Crippen molar-refractivity contribution in [3.05, 3.63) is 46.1 Å². The van der Waals surface area contributed by atoms with E-state index in [-0.39, 0.29) is 24.0 Å². The third kappa shape index (κ3) is 4.14. The van der Waals surface area contributed by atoms with Crippen LogP contribution in [0.5, 0.6) is 0 Å². The normalized spacial score (nSPS) is 14.4. The summed E-state index contributed by atoms with van der Waals surface area (Å²) in [6.45, 7) is 6.44. The molecular weight excluding hydrogens is 430 g/mol. The number of hydrogen-bond acceptors (Lipinski definition) is 6. The van der Waals surface area contributed by atoms with Crippen LogP contribution in [0.25, 0.3) is 16.9 Å². The molecule has 1 aromatic carbocycles. The monoisotopic (exact) mass is 455 g/mol. The number of esters is 1. The first kappa shape index (κ1) is 22.1. The molecule has 1 fully saturated rings. The number of nitrogens with zero attached hydrogens (tertiary/aromatic N) is 4. The van der Waals surface area contributed by atoms with Crippen LogP contribution < -0.4 is 5.73 Å². The first-order valence-corrected chi connectivity index (χ1v) is 11.0. The van der Waals surface area contributed by atoms with Crippen molar-refractivity contribution in [1.29, 1.82) is 0 Å². The number of hydrogen-bond donors (Lipinski definition) is 1. The van der Waals surface area contributed by atoms with Crippen LogP contribution in [0.2, 0.25) is 5.02 Å². The molecule has 1 aliphatic carbocycles. The average Bonchev–Trinajstić information content (AvgIpc) is 3.56. The van der Waals surface area contributed by atoms with Gasteiger partial charge in [-0.25, -0.2) is 14.3 Å². The molecule has 2 heterocycles. The number of carbonyl (C=O) groups excluding carboxylic acids is 2. The minimum Gasteiger partial charge on any atom is -0.462 e. The Morgan fingerprint density at radius 2 is 2.19 bits per heavy atom. The number of rotatable bonds is 8. The topological polar surface area (TPSA) is 103 Å². The number of ether oxygens (including phenoxy) is 1. The van der Waals surface area contributed by atoms with E-state index in [9.17, 15) is 9.59 Å². The van der Waals surface area contributed by atoms with E-state index in [0.717, 1.165) is 35.9 Å². The Bertz CT molecular complexity index is 1190. The fourth-order valence-corrected chi connectivity index (χ4v) is 4.12. The summed E-state index contributed by atoms with van der Waals surface area (Å²) < 4.78 is 6.56. The van der Waals surface area contributed by atoms with Gasteiger partial charge in [0.05, 0.1) is 12.3 Å². The van der Waals surface area contributed by atoms with E-state index in [1.54, 1.807) is 19.2 Å². The van der Waals surface area contributed by atoms with Crippen molar-refractivity contribution >= 4 is 35.4 Å². The zero-order valence-corrected chi connectivity index (χ0v) is 19.1. The van der Waals surface area contributed by atoms with Gasteiger partial charge >= 0.3 is 5.97 Å². The van der Waals surface area contributed by atoms with Gasteiger partial charge in [0.2, 0.25) is 6.41 Å². The summed E-state index contributed by atoms with van der Waals surface area (Å²) in [4.78, 5) is 30.6. The van der Waals surface area contributed by atoms with E-state index >= 15 is 0 Å². The number of amides is 1. The van der Waals surface area contributed by atoms with E-state index in [1.165, 1.54) is 4.52 Å². The van der Waals surface area contributed by atoms with Crippen molar-refractivity contribution in [3.8, 4) is 11.3 Å². The molecule has 0 spiro atoms. The first-order chi connectivity index (χ1) is 15.3. The maximum absolute atomic E-state index is 12.4. The molecule has 9 heteroatoms. The third-order valence-corrected chi connectivity index (χ3v) is 6.45. The zero-order chi connectivity index (χ0) is 23.0. The van der Waals surface area contributed by atoms with Crippen LogP contribution in [0.4, 0.5) is 5.82 Å². The average molecular weight is 456 g/mol. The van der Waals surface area contributed by atoms with Crippen LogP contribution in [-0.4, -0.2) is 44.5 Å². The van der Waals surface area contributed by atoms with Crippen LogP contribution in [0.15, 0.2) is 24.4 Å². The lowest BCUT2D eigenvalue weighted by molar-refractivity contribution is -0.120. The third-order valence-electron chi connectivity index (χ3n) is 6.06. The Morgan fingerprint density at radius 1 is 1.44 bits per heavy atom. The van der Waals surface area contributed by atoms with Crippen LogP contribution >= 0.6 is 11.6 Å². The highest BCUT2D eigenvalue weighted by Gasteiger charge is 2.31. The number of fused-ring (bicyclic) bond motifs is 1. The van der Waals surface area contributed by atoms with Crippen molar-refractivity contribution in [2.45, 2.75) is 46.2 Å². The van der Waals surface area contributed by atoms with Gasteiger partial charge in [-0.1, -0.05) is 11.6 Å². The minimum absolute atomic E-state index is 0.0615. The van der Waals surface area contributed by atoms with Crippen LogP contribution in [0.1, 0.15) is 48.2 Å². The van der Waals surface area contributed by atoms with Gasteiger partial charge in [-0.05, 0) is 68.9 Å². The molecule has 2 aromatic heterocycles. The molecule has 168 valence electrons. The number of aromatic nitrogens is 3. The van der Waals surface area contributed by atoms with Crippen molar-refractivity contribution in [3.63, 3.8) is 0 Å². The molecule has 1 unspecified atom stereocenters. The molecule has 32 heavy (non-hydrogen) atoms. The molecule has 8 nitrogen and oxygen atoms in total. The highest BCUT2D eigenvalue weighted by atomic mass is 35.5. The molecule has 0 radical (unpaired) electrons. The lowest BCUT2D eigenvalue weighted by atomic mass is 10.0. The quantitative estimate of drug-likeness (QED) is 0.408. The van der Waals surface area contributed by atoms with Crippen LogP contribution in [0.3, 0.4) is 0 Å². The van der Waals surface area contributed by atoms with Gasteiger partial charge in [0, 0.05) is 29.4 Å². The number of halogens is 1. The second-order valence-corrected chi connectivity index (χ2v) is 8.57. The predicted molar refractivity (Wildman–Crippen MR) is 122 cm³/mol. The largest absolute Gasteiger partial charge is 0.462 e. The maximum atomic E-state index is 12.4. The number of benzene rings is 1. The van der Waals surface area contributed by atoms with Gasteiger partial charge < -0.3 is 15.4 Å². The molecule has 4 rings (SSSR count). The Kier molecular flexibility index (Phi) is 6.06. The van der Waals surface area contributed by atoms with E-state index in [1.807, 2.05) is 24.0 Å². The van der Waals surface area contributed by atoms with Crippen LogP contribution in [-0.2, 0) is 16.1 Å². The minimum atomic E-state index is -0.567. The van der Waals surface area contributed by atoms with Gasteiger partial charge in [-0.2, -0.15) is 0 Å². The molecule has 0 aliphatic heterocycles. The molecule has 2 N–H and O–H groups in total. The summed E-state index contributed by atoms with van der Waals surface area (Å²) in [5.74, 6) is 0.0613. The predicted octanol–water partition coefficient (Wildman–Crippen LogP) is 3.87. The zero-order valence-electron chi connectivity index (χ0n) is 18.3. The van der Waals surface area contributed by atoms with Crippen molar-refractivity contribution in [2.75, 3.05) is 12.3 Å². The van der Waals surface area contributed by atoms with Crippen molar-refractivity contribution in [2.24, 2.45) is 5.92 Å². The molecule has 0 saturated heterocycles. The fraction of sp³-hybridized carbons (Fsp3) is 0.391. The van der Waals surface area contributed by atoms with E-state index < -0.39 is 5.97 Å². The molecule has 1 aliphatic rings. The molecule has 1 amide bonds. The smallest absolute Gasteiger partial charge is 0.345 e. The molecular formula is C23H26ClN5O3. The van der Waals surface area contributed by atoms with Crippen molar-refractivity contribution in [1.82, 2.24) is 19.5 Å². The molecule has 0 bridgehead atoms. The highest BCUT2D eigenvalue weighted by Crippen LogP contribution is 2.36. The van der Waals surface area contributed by atoms with E-state index in [4.69, 9.17) is 22.1 Å². The van der Waals surface area contributed by atoms with Crippen LogP contribution in [0, 0.1) is 12.8 Å². The highest BCUT2D eigenvalue weighted by molar-refractivity contribution is 6.31. The molecule has 1 saturated carbocycles. The summed E-state index contributed by atoms with van der Waals surface area (Å²) in [6.07, 6.45) is 4.92. The summed E-state index contributed by atoms with van der Waals surface area (Å²) in [5, 5.41) is 4.74. The number of carbonyl (C=O) groups is 2. The Morgan fingerprint density at radius 3 is 2.84 bits per heavy atom. The second-order valence-electron chi connectivity index (χ2n) is 8.16. The van der Waals surface area contributed by atoms with Gasteiger partial charge in [0.25, 0.3) is 0 Å². The van der Waals surface area contributed by atoms with Gasteiger partial charge in [-0.15, -0.1) is 5.10 Å². The summed E-state index contributed by atoms with van der Waals surface area (Å²) in [5.41, 5.74) is 9.65. The summed E-state index contributed by atoms with van der Waals surface area (Å²) in [6, 6.07) is 5.78. The lowest BCUT2D eigenvalue weighted by Gasteiger charge is -2.26. The van der Waals surface area contributed by atoms with E-state index in [0.29, 0.717) is 28.8 Å². The number of nitrogens with two attached hydrogens (primary N) is 1. The molecule has 1 atom stereocenters. The molecule has 3 aromatic rings. The second kappa shape index (κ2) is 8.78. The van der Waals surface area contributed by atoms with E-state index in [2.05, 4.69) is 17.0 Å². The fourth-order valence-electron chi connectivity index (χ4n) is 3.88. The number of nitrogen functional groups attached to an aromatic ring is 1. The summed E-state index contributed by atoms with van der Waals surface area (Å²) in [7, 11) is 0. The Labute approximate surface area is 191 Å². The maximum Gasteiger partial charge on any atom is 0.345 e. The first-order valence-electron chi connectivity index (χ1n) is 10.7. The standard InChI is InChI=1S/C23H26ClN5O3/c1-4-32-23(31)20-21(25)27-29-8-7-19(26-22(20)29)16-9-17(13(2)18(24)10-16)11-28(12-30)14(3)15-5-6-15/h7-10,12,14-15H,4-6,11H2,1-3H3,(H2,25,27). The van der Waals surface area contributed by atoms with Gasteiger partial charge in [-0.3, -0.25) is 4.79 Å². The van der Waals surface area contributed by atoms with Gasteiger partial charge in [0.15, 0.2) is 11.5 Å². The number of anilines is 1. The Balaban J connectivity index is 1.74. The Hall–Kier alpha value is -3.13. The van der Waals surface area contributed by atoms with Crippen molar-refractivity contribution < 1.29 is 14.3 Å². The van der Waals surface area contributed by atoms with Gasteiger partial charge in [0.1, 0.15) is 5.56 Å². The summed E-state index contributed by atoms with van der Waals surface area (Å²) >= 11 is 6.55. The lowest BCUT2D eigenvalue weighted by Crippen LogP contribution is -2.33.